The van der Waals surface area contributed by atoms with Crippen LogP contribution < -0.4 is 11.3 Å². The molecule has 0 amide bonds. The lowest BCUT2D eigenvalue weighted by atomic mass is 10.1. The zero-order valence-electron chi connectivity index (χ0n) is 10.3. The van der Waals surface area contributed by atoms with Crippen molar-refractivity contribution >= 4 is 21.6 Å². The van der Waals surface area contributed by atoms with Crippen LogP contribution in [0.2, 0.25) is 0 Å². The summed E-state index contributed by atoms with van der Waals surface area (Å²) in [5.74, 6) is 0.685. The lowest BCUT2D eigenvalue weighted by molar-refractivity contribution is 0.693. The maximum Gasteiger partial charge on any atom is 0.268 e. The minimum absolute atomic E-state index is 0.0793. The summed E-state index contributed by atoms with van der Waals surface area (Å²) in [6.45, 7) is 4.25. The molecule has 1 heterocycles. The molecular formula is C13H14BrN3O. The fourth-order valence-corrected chi connectivity index (χ4v) is 2.10. The molecule has 0 atom stereocenters. The topological polar surface area (TPSA) is 60.9 Å². The normalized spacial score (nSPS) is 10.6. The van der Waals surface area contributed by atoms with Crippen molar-refractivity contribution in [3.05, 3.63) is 56.2 Å². The maximum atomic E-state index is 12.0. The minimum Gasteiger partial charge on any atom is -0.399 e. The summed E-state index contributed by atoms with van der Waals surface area (Å²) in [6.07, 6.45) is 1.53. The van der Waals surface area contributed by atoms with Crippen LogP contribution in [0.25, 0.3) is 0 Å². The van der Waals surface area contributed by atoms with E-state index >= 15 is 0 Å². The highest BCUT2D eigenvalue weighted by atomic mass is 79.9. The van der Waals surface area contributed by atoms with E-state index < -0.39 is 0 Å². The Bertz CT molecular complexity index is 649. The number of nitrogens with zero attached hydrogens (tertiary/aromatic N) is 2. The predicted octanol–water partition coefficient (Wildman–Crippen LogP) is 2.25. The summed E-state index contributed by atoms with van der Waals surface area (Å²) in [7, 11) is 0. The lowest BCUT2D eigenvalue weighted by Gasteiger charge is -2.12. The number of hydrogen-bond donors (Lipinski definition) is 1. The van der Waals surface area contributed by atoms with Gasteiger partial charge in [-0.25, -0.2) is 4.98 Å². The fourth-order valence-electron chi connectivity index (χ4n) is 1.78. The highest BCUT2D eigenvalue weighted by Gasteiger charge is 2.08. The summed E-state index contributed by atoms with van der Waals surface area (Å²) >= 11 is 3.21. The first-order chi connectivity index (χ1) is 8.50. The van der Waals surface area contributed by atoms with E-state index in [4.69, 9.17) is 5.73 Å². The zero-order chi connectivity index (χ0) is 13.3. The van der Waals surface area contributed by atoms with Crippen molar-refractivity contribution in [2.24, 2.45) is 0 Å². The van der Waals surface area contributed by atoms with Crippen LogP contribution >= 0.6 is 15.9 Å². The molecule has 5 heteroatoms. The predicted molar refractivity (Wildman–Crippen MR) is 75.6 cm³/mol. The van der Waals surface area contributed by atoms with E-state index in [9.17, 15) is 4.79 Å². The van der Waals surface area contributed by atoms with E-state index in [1.165, 1.54) is 6.20 Å². The third-order valence-corrected chi connectivity index (χ3v) is 3.57. The van der Waals surface area contributed by atoms with Gasteiger partial charge in [0, 0.05) is 11.9 Å². The largest absolute Gasteiger partial charge is 0.399 e. The molecule has 0 spiro atoms. The number of halogens is 1. The van der Waals surface area contributed by atoms with Gasteiger partial charge in [0.25, 0.3) is 5.56 Å². The molecule has 1 aromatic carbocycles. The van der Waals surface area contributed by atoms with E-state index in [0.29, 0.717) is 16.8 Å². The summed E-state index contributed by atoms with van der Waals surface area (Å²) in [5, 5.41) is 0. The van der Waals surface area contributed by atoms with Crippen LogP contribution in [0, 0.1) is 13.8 Å². The van der Waals surface area contributed by atoms with Crippen LogP contribution in [-0.2, 0) is 6.54 Å². The Morgan fingerprint density at radius 1 is 1.39 bits per heavy atom. The smallest absolute Gasteiger partial charge is 0.268 e. The molecular weight excluding hydrogens is 294 g/mol. The molecule has 0 unspecified atom stereocenters. The summed E-state index contributed by atoms with van der Waals surface area (Å²) in [6, 6.07) is 5.72. The van der Waals surface area contributed by atoms with Crippen molar-refractivity contribution in [1.29, 1.82) is 0 Å². The molecule has 94 valence electrons. The van der Waals surface area contributed by atoms with Crippen molar-refractivity contribution in [2.45, 2.75) is 20.4 Å². The molecule has 18 heavy (non-hydrogen) atoms. The highest BCUT2D eigenvalue weighted by Crippen LogP contribution is 2.16. The number of nitrogens with two attached hydrogens (primary N) is 1. The van der Waals surface area contributed by atoms with Crippen molar-refractivity contribution in [1.82, 2.24) is 9.55 Å². The molecule has 0 aliphatic heterocycles. The number of aryl methyl sites for hydroxylation is 1. The van der Waals surface area contributed by atoms with Gasteiger partial charge in [-0.15, -0.1) is 0 Å². The van der Waals surface area contributed by atoms with Gasteiger partial charge in [0.15, 0.2) is 0 Å². The van der Waals surface area contributed by atoms with Crippen LogP contribution in [-0.4, -0.2) is 9.55 Å². The van der Waals surface area contributed by atoms with Gasteiger partial charge in [-0.1, -0.05) is 12.1 Å². The number of hydrogen-bond acceptors (Lipinski definition) is 3. The summed E-state index contributed by atoms with van der Waals surface area (Å²) in [4.78, 5) is 16.2. The molecule has 0 fully saturated rings. The van der Waals surface area contributed by atoms with Crippen LogP contribution in [0.4, 0.5) is 5.69 Å². The Morgan fingerprint density at radius 2 is 2.11 bits per heavy atom. The lowest BCUT2D eigenvalue weighted by Crippen LogP contribution is -2.24. The molecule has 4 nitrogen and oxygen atoms in total. The Labute approximate surface area is 114 Å². The second-order valence-corrected chi connectivity index (χ2v) is 5.03. The van der Waals surface area contributed by atoms with Gasteiger partial charge in [0.05, 0.1) is 6.54 Å². The second-order valence-electron chi connectivity index (χ2n) is 4.18. The van der Waals surface area contributed by atoms with Gasteiger partial charge < -0.3 is 5.73 Å². The average Bonchev–Trinajstić information content (AvgIpc) is 2.35. The Hall–Kier alpha value is -1.62. The van der Waals surface area contributed by atoms with Crippen molar-refractivity contribution in [3.63, 3.8) is 0 Å². The fraction of sp³-hybridized carbons (Fsp3) is 0.231. The molecule has 0 saturated heterocycles. The second kappa shape index (κ2) is 4.94. The molecule has 2 rings (SSSR count). The number of aromatic nitrogens is 2. The van der Waals surface area contributed by atoms with Crippen LogP contribution in [0.3, 0.4) is 0 Å². The van der Waals surface area contributed by atoms with Gasteiger partial charge >= 0.3 is 0 Å². The van der Waals surface area contributed by atoms with Crippen molar-refractivity contribution < 1.29 is 0 Å². The minimum atomic E-state index is -0.0793. The molecule has 0 radical (unpaired) electrons. The maximum absolute atomic E-state index is 12.0. The summed E-state index contributed by atoms with van der Waals surface area (Å²) < 4.78 is 2.10. The monoisotopic (exact) mass is 307 g/mol. The van der Waals surface area contributed by atoms with Crippen LogP contribution in [0.5, 0.6) is 0 Å². The molecule has 0 aliphatic rings. The quantitative estimate of drug-likeness (QED) is 0.866. The SMILES string of the molecule is Cc1c(N)cccc1Cn1c(C)ncc(Br)c1=O. The Kier molecular flexibility index (Phi) is 3.52. The third-order valence-electron chi connectivity index (χ3n) is 3.02. The Balaban J connectivity index is 2.50. The van der Waals surface area contributed by atoms with Crippen molar-refractivity contribution in [2.75, 3.05) is 5.73 Å². The number of benzene rings is 1. The number of nitrogen functional groups attached to an aromatic ring is 1. The van der Waals surface area contributed by atoms with E-state index in [0.717, 1.165) is 16.8 Å². The first kappa shape index (κ1) is 12.8. The van der Waals surface area contributed by atoms with E-state index in [1.54, 1.807) is 4.57 Å². The zero-order valence-corrected chi connectivity index (χ0v) is 11.9. The van der Waals surface area contributed by atoms with Gasteiger partial charge in [0.2, 0.25) is 0 Å². The van der Waals surface area contributed by atoms with Gasteiger partial charge in [-0.2, -0.15) is 0 Å². The standard InChI is InChI=1S/C13H14BrN3O/c1-8-10(4-3-5-12(8)15)7-17-9(2)16-6-11(14)13(17)18/h3-6H,7,15H2,1-2H3. The number of rotatable bonds is 2. The number of anilines is 1. The first-order valence-electron chi connectivity index (χ1n) is 5.56. The molecule has 0 saturated carbocycles. The average molecular weight is 308 g/mol. The molecule has 1 aromatic heterocycles. The van der Waals surface area contributed by atoms with E-state index in [2.05, 4.69) is 20.9 Å². The molecule has 2 N–H and O–H groups in total. The first-order valence-corrected chi connectivity index (χ1v) is 6.36. The van der Waals surface area contributed by atoms with E-state index in [1.807, 2.05) is 32.0 Å². The Morgan fingerprint density at radius 3 is 2.83 bits per heavy atom. The van der Waals surface area contributed by atoms with E-state index in [-0.39, 0.29) is 5.56 Å². The third kappa shape index (κ3) is 2.31. The van der Waals surface area contributed by atoms with Gasteiger partial charge in [0.1, 0.15) is 10.3 Å². The van der Waals surface area contributed by atoms with Gasteiger partial charge in [-0.3, -0.25) is 9.36 Å². The van der Waals surface area contributed by atoms with Crippen LogP contribution in [0.1, 0.15) is 17.0 Å². The van der Waals surface area contributed by atoms with Crippen LogP contribution in [0.15, 0.2) is 33.7 Å². The summed E-state index contributed by atoms with van der Waals surface area (Å²) in [5.41, 5.74) is 8.56. The molecule has 0 bridgehead atoms. The molecule has 0 aliphatic carbocycles. The highest BCUT2D eigenvalue weighted by molar-refractivity contribution is 9.10. The van der Waals surface area contributed by atoms with Crippen molar-refractivity contribution in [3.8, 4) is 0 Å². The van der Waals surface area contributed by atoms with Gasteiger partial charge in [-0.05, 0) is 47.0 Å². The molecule has 2 aromatic rings.